The number of aliphatic imine (C=N–C) groups is 2. The van der Waals surface area contributed by atoms with E-state index < -0.39 is 0 Å². The van der Waals surface area contributed by atoms with E-state index in [-0.39, 0.29) is 0 Å². The van der Waals surface area contributed by atoms with Gasteiger partial charge < -0.3 is 0 Å². The van der Waals surface area contributed by atoms with Crippen LogP contribution < -0.4 is 0 Å². The van der Waals surface area contributed by atoms with Crippen molar-refractivity contribution in [1.82, 2.24) is 10.2 Å². The standard InChI is InChI=1S/C9H10N4/c1-10-7-8-11-6-4-9-3-2-5-12-13-9/h2-3,5-8H,1,4H2/b8-7-,11-6-. The first kappa shape index (κ1) is 9.25. The van der Waals surface area contributed by atoms with Crippen molar-refractivity contribution < 1.29 is 0 Å². The molecule has 0 spiro atoms. The van der Waals surface area contributed by atoms with Gasteiger partial charge in [0, 0.05) is 31.2 Å². The minimum absolute atomic E-state index is 0.676. The van der Waals surface area contributed by atoms with Crippen molar-refractivity contribution in [2.75, 3.05) is 0 Å². The lowest BCUT2D eigenvalue weighted by atomic mass is 10.3. The average molecular weight is 174 g/mol. The maximum Gasteiger partial charge on any atom is 0.0684 e. The van der Waals surface area contributed by atoms with Gasteiger partial charge in [0.15, 0.2) is 0 Å². The summed E-state index contributed by atoms with van der Waals surface area (Å²) in [6.45, 7) is 3.28. The summed E-state index contributed by atoms with van der Waals surface area (Å²) in [7, 11) is 0. The minimum atomic E-state index is 0.676. The zero-order valence-corrected chi connectivity index (χ0v) is 7.17. The molecule has 0 atom stereocenters. The lowest BCUT2D eigenvalue weighted by molar-refractivity contribution is 0.963. The third-order valence-electron chi connectivity index (χ3n) is 1.29. The summed E-state index contributed by atoms with van der Waals surface area (Å²) in [5.74, 6) is 0. The monoisotopic (exact) mass is 174 g/mol. The Morgan fingerprint density at radius 3 is 3.08 bits per heavy atom. The summed E-state index contributed by atoms with van der Waals surface area (Å²) in [4.78, 5) is 7.46. The molecule has 1 aromatic rings. The second-order valence-electron chi connectivity index (χ2n) is 2.23. The number of hydrogen-bond acceptors (Lipinski definition) is 4. The second-order valence-corrected chi connectivity index (χ2v) is 2.23. The van der Waals surface area contributed by atoms with E-state index in [1.54, 1.807) is 18.6 Å². The molecular weight excluding hydrogens is 164 g/mol. The van der Waals surface area contributed by atoms with Gasteiger partial charge in [-0.1, -0.05) is 0 Å². The Balaban J connectivity index is 2.39. The predicted molar refractivity (Wildman–Crippen MR) is 52.9 cm³/mol. The fourth-order valence-corrected chi connectivity index (χ4v) is 0.735. The summed E-state index contributed by atoms with van der Waals surface area (Å²) in [6.07, 6.45) is 7.15. The van der Waals surface area contributed by atoms with Gasteiger partial charge in [0.2, 0.25) is 0 Å². The van der Waals surface area contributed by atoms with E-state index >= 15 is 0 Å². The quantitative estimate of drug-likeness (QED) is 0.645. The zero-order valence-electron chi connectivity index (χ0n) is 7.17. The molecule has 0 unspecified atom stereocenters. The minimum Gasteiger partial charge on any atom is -0.271 e. The van der Waals surface area contributed by atoms with E-state index in [9.17, 15) is 0 Å². The van der Waals surface area contributed by atoms with Crippen molar-refractivity contribution in [3.63, 3.8) is 0 Å². The summed E-state index contributed by atoms with van der Waals surface area (Å²) in [6, 6.07) is 3.74. The number of hydrogen-bond donors (Lipinski definition) is 0. The van der Waals surface area contributed by atoms with Crippen LogP contribution in [0.4, 0.5) is 0 Å². The largest absolute Gasteiger partial charge is 0.271 e. The molecule has 0 saturated heterocycles. The van der Waals surface area contributed by atoms with Crippen molar-refractivity contribution in [2.45, 2.75) is 6.42 Å². The summed E-state index contributed by atoms with van der Waals surface area (Å²) < 4.78 is 0. The van der Waals surface area contributed by atoms with Gasteiger partial charge in [0.25, 0.3) is 0 Å². The highest BCUT2D eigenvalue weighted by molar-refractivity contribution is 5.61. The van der Waals surface area contributed by atoms with E-state index in [1.165, 1.54) is 6.20 Å². The molecular formula is C9H10N4. The average Bonchev–Trinajstić information content (AvgIpc) is 2.19. The van der Waals surface area contributed by atoms with E-state index in [2.05, 4.69) is 26.9 Å². The molecule has 4 nitrogen and oxygen atoms in total. The Kier molecular flexibility index (Phi) is 4.10. The molecule has 0 amide bonds. The zero-order chi connectivity index (χ0) is 9.36. The molecule has 0 aliphatic carbocycles. The highest BCUT2D eigenvalue weighted by Gasteiger charge is 1.87. The van der Waals surface area contributed by atoms with Gasteiger partial charge in [-0.3, -0.25) is 9.98 Å². The Labute approximate surface area is 76.8 Å². The summed E-state index contributed by atoms with van der Waals surface area (Å²) in [5.41, 5.74) is 0.895. The normalized spacial score (nSPS) is 11.1. The molecule has 13 heavy (non-hydrogen) atoms. The van der Waals surface area contributed by atoms with E-state index in [4.69, 9.17) is 0 Å². The van der Waals surface area contributed by atoms with Crippen LogP contribution in [0.1, 0.15) is 5.69 Å². The van der Waals surface area contributed by atoms with Gasteiger partial charge in [0.1, 0.15) is 0 Å². The van der Waals surface area contributed by atoms with Crippen molar-refractivity contribution in [1.29, 1.82) is 0 Å². The van der Waals surface area contributed by atoms with Gasteiger partial charge in [-0.2, -0.15) is 10.2 Å². The second kappa shape index (κ2) is 5.77. The molecule has 0 N–H and O–H groups in total. The van der Waals surface area contributed by atoms with Crippen LogP contribution in [-0.2, 0) is 6.42 Å². The van der Waals surface area contributed by atoms with Gasteiger partial charge >= 0.3 is 0 Å². The van der Waals surface area contributed by atoms with Crippen LogP contribution in [-0.4, -0.2) is 23.1 Å². The highest BCUT2D eigenvalue weighted by atomic mass is 15.1. The number of nitrogens with zero attached hydrogens (tertiary/aromatic N) is 4. The van der Waals surface area contributed by atoms with Crippen molar-refractivity contribution in [3.05, 3.63) is 36.4 Å². The third kappa shape index (κ3) is 3.91. The smallest absolute Gasteiger partial charge is 0.0684 e. The molecule has 1 aromatic heterocycles. The van der Waals surface area contributed by atoms with Crippen LogP contribution in [0.3, 0.4) is 0 Å². The van der Waals surface area contributed by atoms with Gasteiger partial charge in [-0.05, 0) is 18.9 Å². The predicted octanol–water partition coefficient (Wildman–Crippen LogP) is 1.26. The SMILES string of the molecule is C=N/C=C\N=C/Cc1cccnn1. The topological polar surface area (TPSA) is 50.5 Å². The highest BCUT2D eigenvalue weighted by Crippen LogP contribution is 1.89. The van der Waals surface area contributed by atoms with Gasteiger partial charge in [0.05, 0.1) is 5.69 Å². The third-order valence-corrected chi connectivity index (χ3v) is 1.29. The van der Waals surface area contributed by atoms with Crippen LogP contribution in [0.2, 0.25) is 0 Å². The lowest BCUT2D eigenvalue weighted by Crippen LogP contribution is -1.91. The van der Waals surface area contributed by atoms with Crippen molar-refractivity contribution in [2.24, 2.45) is 9.98 Å². The van der Waals surface area contributed by atoms with Gasteiger partial charge in [-0.25, -0.2) is 0 Å². The molecule has 1 heterocycles. The number of aromatic nitrogens is 2. The summed E-state index contributed by atoms with van der Waals surface area (Å²) >= 11 is 0. The summed E-state index contributed by atoms with van der Waals surface area (Å²) in [5, 5.41) is 7.64. The number of rotatable bonds is 4. The van der Waals surface area contributed by atoms with Crippen LogP contribution in [0.25, 0.3) is 0 Å². The van der Waals surface area contributed by atoms with Crippen LogP contribution in [0.15, 0.2) is 40.7 Å². The van der Waals surface area contributed by atoms with Gasteiger partial charge in [-0.15, -0.1) is 0 Å². The Morgan fingerprint density at radius 1 is 1.46 bits per heavy atom. The maximum absolute atomic E-state index is 3.95. The van der Waals surface area contributed by atoms with E-state index in [0.717, 1.165) is 5.69 Å². The Hall–Kier alpha value is -1.84. The lowest BCUT2D eigenvalue weighted by Gasteiger charge is -1.89. The first-order chi connectivity index (χ1) is 6.43. The van der Waals surface area contributed by atoms with Crippen LogP contribution in [0, 0.1) is 0 Å². The molecule has 0 fully saturated rings. The van der Waals surface area contributed by atoms with Crippen molar-refractivity contribution >= 4 is 12.9 Å². The van der Waals surface area contributed by atoms with Crippen molar-refractivity contribution in [3.8, 4) is 0 Å². The first-order valence-electron chi connectivity index (χ1n) is 3.82. The maximum atomic E-state index is 3.95. The van der Waals surface area contributed by atoms with Crippen LogP contribution >= 0.6 is 0 Å². The molecule has 0 aliphatic rings. The molecule has 0 aromatic carbocycles. The van der Waals surface area contributed by atoms with E-state index in [1.807, 2.05) is 12.1 Å². The fraction of sp³-hybridized carbons (Fsp3) is 0.111. The molecule has 0 bridgehead atoms. The van der Waals surface area contributed by atoms with E-state index in [0.29, 0.717) is 6.42 Å². The molecule has 4 heteroatoms. The molecule has 66 valence electrons. The molecule has 0 saturated carbocycles. The van der Waals surface area contributed by atoms with Crippen LogP contribution in [0.5, 0.6) is 0 Å². The fourth-order valence-electron chi connectivity index (χ4n) is 0.735. The Morgan fingerprint density at radius 2 is 2.38 bits per heavy atom. The molecule has 1 rings (SSSR count). The molecule has 0 aliphatic heterocycles. The Bertz CT molecular complexity index is 303. The molecule has 0 radical (unpaired) electrons. The first-order valence-corrected chi connectivity index (χ1v) is 3.82.